The molecule has 0 bridgehead atoms. The molecule has 0 spiro atoms. The minimum absolute atomic E-state index is 0.00478. The molecular weight excluding hydrogens is 416 g/mol. The van der Waals surface area contributed by atoms with E-state index in [9.17, 15) is 21.6 Å². The molecule has 0 aromatic heterocycles. The lowest BCUT2D eigenvalue weighted by Crippen LogP contribution is -2.36. The quantitative estimate of drug-likeness (QED) is 0.678. The van der Waals surface area contributed by atoms with Gasteiger partial charge < -0.3 is 10.1 Å². The first-order valence-corrected chi connectivity index (χ1v) is 12.3. The molecule has 2 heterocycles. The van der Waals surface area contributed by atoms with Gasteiger partial charge in [-0.15, -0.1) is 0 Å². The number of carbonyl (C=O) groups excluding carboxylic acids is 1. The molecule has 1 aromatic carbocycles. The molecule has 150 valence electrons. The molecule has 1 aromatic rings. The Balaban J connectivity index is 1.72. The minimum atomic E-state index is -3.92. The zero-order valence-electron chi connectivity index (χ0n) is 14.5. The second-order valence-electron chi connectivity index (χ2n) is 6.71. The Hall–Kier alpha value is -1.20. The molecule has 8 nitrogen and oxygen atoms in total. The third-order valence-corrected chi connectivity index (χ3v) is 8.25. The Morgan fingerprint density at radius 1 is 1.30 bits per heavy atom. The minimum Gasteiger partial charge on any atom is -0.377 e. The van der Waals surface area contributed by atoms with Crippen LogP contribution in [0.25, 0.3) is 0 Å². The third kappa shape index (κ3) is 5.20. The number of carbonyl (C=O) groups is 1. The first-order valence-electron chi connectivity index (χ1n) is 8.58. The van der Waals surface area contributed by atoms with Crippen LogP contribution in [0, 0.1) is 0 Å². The van der Waals surface area contributed by atoms with Crippen LogP contribution in [0.5, 0.6) is 0 Å². The second kappa shape index (κ2) is 8.04. The molecule has 0 radical (unpaired) electrons. The van der Waals surface area contributed by atoms with Crippen molar-refractivity contribution in [3.63, 3.8) is 0 Å². The van der Waals surface area contributed by atoms with Crippen molar-refractivity contribution in [3.05, 3.63) is 28.8 Å². The van der Waals surface area contributed by atoms with Crippen LogP contribution < -0.4 is 10.0 Å². The van der Waals surface area contributed by atoms with E-state index in [4.69, 9.17) is 16.3 Å². The number of sulfone groups is 1. The number of sulfonamides is 1. The Bertz CT molecular complexity index is 926. The van der Waals surface area contributed by atoms with E-state index >= 15 is 0 Å². The van der Waals surface area contributed by atoms with Crippen molar-refractivity contribution < 1.29 is 26.4 Å². The maximum Gasteiger partial charge on any atom is 0.251 e. The van der Waals surface area contributed by atoms with Crippen molar-refractivity contribution >= 4 is 37.4 Å². The summed E-state index contributed by atoms with van der Waals surface area (Å²) in [7, 11) is -7.05. The van der Waals surface area contributed by atoms with Gasteiger partial charge in [0.25, 0.3) is 5.91 Å². The van der Waals surface area contributed by atoms with Gasteiger partial charge in [-0.1, -0.05) is 11.6 Å². The summed E-state index contributed by atoms with van der Waals surface area (Å²) in [4.78, 5) is 12.2. The number of rotatable bonds is 6. The first-order chi connectivity index (χ1) is 12.7. The van der Waals surface area contributed by atoms with E-state index < -0.39 is 31.8 Å². The predicted octanol–water partition coefficient (Wildman–Crippen LogP) is 0.714. The van der Waals surface area contributed by atoms with Crippen LogP contribution in [0.1, 0.15) is 29.6 Å². The number of hydrogen-bond acceptors (Lipinski definition) is 6. The number of halogens is 1. The van der Waals surface area contributed by atoms with Gasteiger partial charge in [0.1, 0.15) is 4.90 Å². The molecule has 27 heavy (non-hydrogen) atoms. The van der Waals surface area contributed by atoms with Crippen LogP contribution >= 0.6 is 11.6 Å². The predicted molar refractivity (Wildman–Crippen MR) is 100 cm³/mol. The van der Waals surface area contributed by atoms with E-state index in [0.717, 1.165) is 12.8 Å². The van der Waals surface area contributed by atoms with Crippen LogP contribution in [0.2, 0.25) is 5.02 Å². The zero-order chi connectivity index (χ0) is 19.7. The molecule has 2 aliphatic rings. The van der Waals surface area contributed by atoms with Gasteiger partial charge in [-0.3, -0.25) is 4.79 Å². The average molecular weight is 437 g/mol. The molecule has 11 heteroatoms. The Labute approximate surface area is 163 Å². The number of nitrogens with one attached hydrogen (secondary N) is 2. The molecular formula is C16H21ClN2O6S2. The first kappa shape index (κ1) is 20.5. The standard InChI is InChI=1S/C16H21ClN2O6S2/c17-14-4-3-11(16(20)19-12-5-7-26(21,22)10-12)8-15(14)27(23,24)18-9-13-2-1-6-25-13/h3-4,8,12-13,18H,1-2,5-7,9-10H2,(H,19,20)/t12-,13+/m0/s1. The molecule has 2 aliphatic heterocycles. The normalized spacial score (nSPS) is 24.8. The van der Waals surface area contributed by atoms with E-state index in [2.05, 4.69) is 10.0 Å². The number of benzene rings is 1. The van der Waals surface area contributed by atoms with Gasteiger partial charge in [0.2, 0.25) is 10.0 Å². The summed E-state index contributed by atoms with van der Waals surface area (Å²) >= 11 is 6.03. The van der Waals surface area contributed by atoms with Gasteiger partial charge in [0, 0.05) is 24.8 Å². The molecule has 2 atom stereocenters. The van der Waals surface area contributed by atoms with Crippen molar-refractivity contribution in [1.29, 1.82) is 0 Å². The lowest BCUT2D eigenvalue weighted by atomic mass is 10.2. The molecule has 2 fully saturated rings. The molecule has 2 N–H and O–H groups in total. The van der Waals surface area contributed by atoms with E-state index in [1.165, 1.54) is 18.2 Å². The van der Waals surface area contributed by atoms with Crippen LogP contribution in [0.3, 0.4) is 0 Å². The number of ether oxygens (including phenoxy) is 1. The van der Waals surface area contributed by atoms with Crippen molar-refractivity contribution in [2.24, 2.45) is 0 Å². The fourth-order valence-corrected chi connectivity index (χ4v) is 6.38. The highest BCUT2D eigenvalue weighted by molar-refractivity contribution is 7.91. The maximum atomic E-state index is 12.6. The van der Waals surface area contributed by atoms with Crippen LogP contribution in [-0.2, 0) is 24.6 Å². The van der Waals surface area contributed by atoms with E-state index in [-0.39, 0.29) is 39.6 Å². The van der Waals surface area contributed by atoms with Gasteiger partial charge in [0.05, 0.1) is 22.6 Å². The van der Waals surface area contributed by atoms with E-state index in [0.29, 0.717) is 13.0 Å². The van der Waals surface area contributed by atoms with Crippen LogP contribution in [-0.4, -0.2) is 59.5 Å². The van der Waals surface area contributed by atoms with E-state index in [1.807, 2.05) is 0 Å². The highest BCUT2D eigenvalue weighted by Crippen LogP contribution is 2.23. The van der Waals surface area contributed by atoms with Gasteiger partial charge in [-0.05, 0) is 37.5 Å². The highest BCUT2D eigenvalue weighted by Gasteiger charge is 2.30. The molecule has 3 rings (SSSR count). The summed E-state index contributed by atoms with van der Waals surface area (Å²) in [5.74, 6) is -0.615. The third-order valence-electron chi connectivity index (χ3n) is 4.58. The largest absolute Gasteiger partial charge is 0.377 e. The summed E-state index contributed by atoms with van der Waals surface area (Å²) in [6.45, 7) is 0.745. The zero-order valence-corrected chi connectivity index (χ0v) is 16.9. The van der Waals surface area contributed by atoms with Gasteiger partial charge in [-0.25, -0.2) is 21.6 Å². The van der Waals surface area contributed by atoms with Gasteiger partial charge in [0.15, 0.2) is 9.84 Å². The second-order valence-corrected chi connectivity index (χ2v) is 11.1. The van der Waals surface area contributed by atoms with Crippen molar-refractivity contribution in [2.75, 3.05) is 24.7 Å². The van der Waals surface area contributed by atoms with Crippen molar-refractivity contribution in [2.45, 2.75) is 36.3 Å². The van der Waals surface area contributed by atoms with Gasteiger partial charge >= 0.3 is 0 Å². The van der Waals surface area contributed by atoms with E-state index in [1.54, 1.807) is 0 Å². The SMILES string of the molecule is O=C(N[C@H]1CCS(=O)(=O)C1)c1ccc(Cl)c(S(=O)(=O)NC[C@H]2CCCO2)c1. The van der Waals surface area contributed by atoms with Gasteiger partial charge in [-0.2, -0.15) is 0 Å². The van der Waals surface area contributed by atoms with Crippen molar-refractivity contribution in [1.82, 2.24) is 10.0 Å². The Morgan fingerprint density at radius 3 is 2.70 bits per heavy atom. The fourth-order valence-electron chi connectivity index (χ4n) is 3.11. The molecule has 1 amide bonds. The molecule has 0 aliphatic carbocycles. The molecule has 0 unspecified atom stereocenters. The summed E-state index contributed by atoms with van der Waals surface area (Å²) in [6, 6.07) is 3.46. The maximum absolute atomic E-state index is 12.6. The number of amides is 1. The lowest BCUT2D eigenvalue weighted by molar-refractivity contribution is 0.0941. The summed E-state index contributed by atoms with van der Waals surface area (Å²) in [5, 5.41) is 2.62. The lowest BCUT2D eigenvalue weighted by Gasteiger charge is -2.14. The van der Waals surface area contributed by atoms with Crippen molar-refractivity contribution in [3.8, 4) is 0 Å². The Kier molecular flexibility index (Phi) is 6.11. The summed E-state index contributed by atoms with van der Waals surface area (Å²) in [5.41, 5.74) is 0.0983. The fraction of sp³-hybridized carbons (Fsp3) is 0.562. The summed E-state index contributed by atoms with van der Waals surface area (Å²) in [6.07, 6.45) is 1.84. The van der Waals surface area contributed by atoms with Crippen LogP contribution in [0.15, 0.2) is 23.1 Å². The highest BCUT2D eigenvalue weighted by atomic mass is 35.5. The summed E-state index contributed by atoms with van der Waals surface area (Å²) < 4.78 is 56.0. The Morgan fingerprint density at radius 2 is 2.07 bits per heavy atom. The monoisotopic (exact) mass is 436 g/mol. The smallest absolute Gasteiger partial charge is 0.251 e. The molecule has 0 saturated carbocycles. The topological polar surface area (TPSA) is 119 Å². The average Bonchev–Trinajstić information content (AvgIpc) is 3.22. The molecule has 2 saturated heterocycles. The van der Waals surface area contributed by atoms with Crippen LogP contribution in [0.4, 0.5) is 0 Å². The number of hydrogen-bond donors (Lipinski definition) is 2.